The molecule has 0 heterocycles. The predicted molar refractivity (Wildman–Crippen MR) is 209 cm³/mol. The minimum Gasteiger partial charge on any atom is -0.469 e. The molecule has 0 amide bonds. The second-order valence-corrected chi connectivity index (χ2v) is 16.3. The van der Waals surface area contributed by atoms with Crippen LogP contribution in [0.15, 0.2) is 11.6 Å². The van der Waals surface area contributed by atoms with Gasteiger partial charge in [-0.3, -0.25) is 14.4 Å². The molecule has 3 unspecified atom stereocenters. The summed E-state index contributed by atoms with van der Waals surface area (Å²) in [4.78, 5) is 38.6. The predicted octanol–water partition coefficient (Wildman–Crippen LogP) is 11.1. The van der Waals surface area contributed by atoms with Gasteiger partial charge in [0, 0.05) is 25.2 Å². The Bertz CT molecular complexity index is 896. The molecule has 0 rings (SSSR count). The summed E-state index contributed by atoms with van der Waals surface area (Å²) in [6.45, 7) is 17.4. The van der Waals surface area contributed by atoms with Gasteiger partial charge < -0.3 is 19.1 Å². The number of carbonyl (C=O) groups is 3. The van der Waals surface area contributed by atoms with Crippen LogP contribution in [0.3, 0.4) is 0 Å². The molecule has 0 saturated heterocycles. The zero-order valence-corrected chi connectivity index (χ0v) is 34.5. The first-order valence-electron chi connectivity index (χ1n) is 20.5. The van der Waals surface area contributed by atoms with E-state index in [1.54, 1.807) is 0 Å². The minimum atomic E-state index is -0.141. The number of hydrogen-bond acceptors (Lipinski definition) is 7. The van der Waals surface area contributed by atoms with Crippen LogP contribution in [0.2, 0.25) is 0 Å². The van der Waals surface area contributed by atoms with E-state index in [0.29, 0.717) is 55.5 Å². The molecule has 0 aromatic heterocycles. The lowest BCUT2D eigenvalue weighted by Gasteiger charge is -2.24. The summed E-state index contributed by atoms with van der Waals surface area (Å²) in [5.74, 6) is 2.52. The summed E-state index contributed by atoms with van der Waals surface area (Å²) < 4.78 is 16.5. The number of ether oxygens (including phenoxy) is 3. The summed E-state index contributed by atoms with van der Waals surface area (Å²) >= 11 is 0. The molecule has 7 nitrogen and oxygen atoms in total. The zero-order chi connectivity index (χ0) is 37.7. The first-order valence-corrected chi connectivity index (χ1v) is 20.5. The number of unbranched alkanes of at least 4 members (excludes halogenated alkanes) is 8. The maximum atomic E-state index is 12.7. The second kappa shape index (κ2) is 30.7. The van der Waals surface area contributed by atoms with Crippen molar-refractivity contribution < 1.29 is 28.6 Å². The van der Waals surface area contributed by atoms with Crippen molar-refractivity contribution in [3.05, 3.63) is 11.6 Å². The molecule has 0 fully saturated rings. The van der Waals surface area contributed by atoms with Crippen LogP contribution >= 0.6 is 0 Å². The summed E-state index contributed by atoms with van der Waals surface area (Å²) in [6, 6.07) is 0. The molecule has 0 bridgehead atoms. The van der Waals surface area contributed by atoms with Gasteiger partial charge in [0.15, 0.2) is 0 Å². The molecule has 0 aromatic rings. The summed E-state index contributed by atoms with van der Waals surface area (Å²) in [5, 5.41) is 0. The van der Waals surface area contributed by atoms with Gasteiger partial charge >= 0.3 is 17.9 Å². The Morgan fingerprint density at radius 2 is 1.10 bits per heavy atom. The van der Waals surface area contributed by atoms with E-state index >= 15 is 0 Å². The first kappa shape index (κ1) is 48.1. The van der Waals surface area contributed by atoms with Crippen LogP contribution in [0.25, 0.3) is 0 Å². The van der Waals surface area contributed by atoms with Gasteiger partial charge in [-0.1, -0.05) is 105 Å². The number of carbonyl (C=O) groups excluding carboxylic acids is 3. The van der Waals surface area contributed by atoms with Crippen molar-refractivity contribution in [2.75, 3.05) is 34.4 Å². The Labute approximate surface area is 309 Å². The number of nitrogens with zero attached hydrogens (tertiary/aromatic N) is 1. The maximum absolute atomic E-state index is 12.7. The van der Waals surface area contributed by atoms with Gasteiger partial charge in [0.2, 0.25) is 0 Å². The van der Waals surface area contributed by atoms with E-state index in [4.69, 9.17) is 14.2 Å². The van der Waals surface area contributed by atoms with Gasteiger partial charge in [-0.05, 0) is 109 Å². The van der Waals surface area contributed by atoms with Crippen LogP contribution in [-0.2, 0) is 28.6 Å². The molecule has 0 radical (unpaired) electrons. The Morgan fingerprint density at radius 1 is 0.600 bits per heavy atom. The van der Waals surface area contributed by atoms with E-state index in [9.17, 15) is 14.4 Å². The normalized spacial score (nSPS) is 14.0. The highest BCUT2D eigenvalue weighted by molar-refractivity contribution is 5.70. The van der Waals surface area contributed by atoms with Gasteiger partial charge in [0.1, 0.15) is 6.10 Å². The van der Waals surface area contributed by atoms with Crippen LogP contribution < -0.4 is 0 Å². The third-order valence-electron chi connectivity index (χ3n) is 9.92. The summed E-state index contributed by atoms with van der Waals surface area (Å²) in [6.07, 6.45) is 21.2. The number of rotatable bonds is 32. The van der Waals surface area contributed by atoms with Crippen molar-refractivity contribution in [1.82, 2.24) is 4.90 Å². The van der Waals surface area contributed by atoms with E-state index in [1.807, 2.05) is 14.1 Å². The molecule has 7 heteroatoms. The lowest BCUT2D eigenvalue weighted by Crippen LogP contribution is -2.20. The SMILES string of the molecule is COC(=O)CCCCCCCC(CCCCCCCC(=O)OCC(CCC(C)C)/C(C)=C/C(CCC(C)C)C(C)C)OC(=O)CCCN(C)C. The quantitative estimate of drug-likeness (QED) is 0.0298. The molecule has 0 N–H and O–H groups in total. The van der Waals surface area contributed by atoms with Gasteiger partial charge in [0.25, 0.3) is 0 Å². The first-order chi connectivity index (χ1) is 23.7. The average molecular weight is 708 g/mol. The highest BCUT2D eigenvalue weighted by Crippen LogP contribution is 2.28. The van der Waals surface area contributed by atoms with Gasteiger partial charge in [-0.25, -0.2) is 0 Å². The molecule has 0 spiro atoms. The fraction of sp³-hybridized carbons (Fsp3) is 0.884. The summed E-state index contributed by atoms with van der Waals surface area (Å²) in [5.41, 5.74) is 1.38. The Balaban J connectivity index is 4.66. The van der Waals surface area contributed by atoms with Crippen LogP contribution in [0.4, 0.5) is 0 Å². The van der Waals surface area contributed by atoms with Crippen LogP contribution in [-0.4, -0.2) is 63.3 Å². The molecule has 50 heavy (non-hydrogen) atoms. The van der Waals surface area contributed by atoms with E-state index in [1.165, 1.54) is 25.5 Å². The Morgan fingerprint density at radius 3 is 1.62 bits per heavy atom. The van der Waals surface area contributed by atoms with Gasteiger partial charge in [0.05, 0.1) is 13.7 Å². The third kappa shape index (κ3) is 28.8. The van der Waals surface area contributed by atoms with Crippen molar-refractivity contribution in [3.63, 3.8) is 0 Å². The van der Waals surface area contributed by atoms with Crippen molar-refractivity contribution in [2.24, 2.45) is 29.6 Å². The molecule has 0 saturated carbocycles. The van der Waals surface area contributed by atoms with Crippen molar-refractivity contribution >= 4 is 17.9 Å². The number of esters is 3. The van der Waals surface area contributed by atoms with E-state index in [0.717, 1.165) is 103 Å². The van der Waals surface area contributed by atoms with Crippen molar-refractivity contribution in [2.45, 2.75) is 183 Å². The fourth-order valence-electron chi connectivity index (χ4n) is 6.34. The largest absolute Gasteiger partial charge is 0.469 e. The van der Waals surface area contributed by atoms with E-state index < -0.39 is 0 Å². The standard InChI is InChI=1S/C43H81NO6/c1-34(2)27-29-38(36(5)6)32-37(7)39(30-28-35(3)4)33-49-42(46)25-20-16-12-14-18-23-40(50-43(47)26-21-31-44(8)9)22-17-13-11-15-19-24-41(45)48-10/h32,34-36,38-40H,11-31,33H2,1-10H3/b37-32+. The average Bonchev–Trinajstić information content (AvgIpc) is 3.04. The molecule has 0 aliphatic heterocycles. The molecule has 0 aromatic carbocycles. The number of methoxy groups -OCH3 is 1. The van der Waals surface area contributed by atoms with Gasteiger partial charge in [-0.2, -0.15) is 0 Å². The Hall–Kier alpha value is -1.89. The molecular weight excluding hydrogens is 626 g/mol. The Kier molecular flexibility index (Phi) is 29.5. The number of allylic oxidation sites excluding steroid dienone is 1. The molecule has 294 valence electrons. The lowest BCUT2D eigenvalue weighted by atomic mass is 9.84. The monoisotopic (exact) mass is 708 g/mol. The minimum absolute atomic E-state index is 0.0286. The third-order valence-corrected chi connectivity index (χ3v) is 9.92. The van der Waals surface area contributed by atoms with Crippen LogP contribution in [0, 0.1) is 29.6 Å². The zero-order valence-electron chi connectivity index (χ0n) is 34.5. The number of hydrogen-bond donors (Lipinski definition) is 0. The summed E-state index contributed by atoms with van der Waals surface area (Å²) in [7, 11) is 5.47. The second-order valence-electron chi connectivity index (χ2n) is 16.3. The topological polar surface area (TPSA) is 82.1 Å². The maximum Gasteiger partial charge on any atom is 0.306 e. The fourth-order valence-corrected chi connectivity index (χ4v) is 6.34. The van der Waals surface area contributed by atoms with E-state index in [2.05, 4.69) is 59.4 Å². The van der Waals surface area contributed by atoms with Crippen LogP contribution in [0.5, 0.6) is 0 Å². The lowest BCUT2D eigenvalue weighted by molar-refractivity contribution is -0.150. The van der Waals surface area contributed by atoms with E-state index in [-0.39, 0.29) is 24.0 Å². The molecule has 0 aliphatic rings. The molecule has 3 atom stereocenters. The highest BCUT2D eigenvalue weighted by Gasteiger charge is 2.19. The van der Waals surface area contributed by atoms with Gasteiger partial charge in [-0.15, -0.1) is 0 Å². The smallest absolute Gasteiger partial charge is 0.306 e. The molecular formula is C43H81NO6. The molecule has 0 aliphatic carbocycles. The van der Waals surface area contributed by atoms with Crippen molar-refractivity contribution in [3.8, 4) is 0 Å². The highest BCUT2D eigenvalue weighted by atomic mass is 16.5. The van der Waals surface area contributed by atoms with Crippen molar-refractivity contribution in [1.29, 1.82) is 0 Å². The van der Waals surface area contributed by atoms with Crippen LogP contribution in [0.1, 0.15) is 177 Å².